The number of pyridine rings is 1. The molecule has 0 aliphatic heterocycles. The Morgan fingerprint density at radius 2 is 1.95 bits per heavy atom. The number of methoxy groups -OCH3 is 1. The van der Waals surface area contributed by atoms with Crippen molar-refractivity contribution in [3.05, 3.63) is 53.0 Å². The van der Waals surface area contributed by atoms with E-state index >= 15 is 0 Å². The highest BCUT2D eigenvalue weighted by molar-refractivity contribution is 7.14. The highest BCUT2D eigenvalue weighted by atomic mass is 32.1. The Morgan fingerprint density at radius 3 is 2.64 bits per heavy atom. The molecule has 0 amide bonds. The van der Waals surface area contributed by atoms with Crippen molar-refractivity contribution in [3.63, 3.8) is 0 Å². The number of anilines is 2. The van der Waals surface area contributed by atoms with Gasteiger partial charge in [-0.05, 0) is 43.2 Å². The molecule has 0 aliphatic carbocycles. The molecule has 0 unspecified atom stereocenters. The summed E-state index contributed by atoms with van der Waals surface area (Å²) in [6.45, 7) is 4.23. The van der Waals surface area contributed by atoms with Gasteiger partial charge >= 0.3 is 0 Å². The Morgan fingerprint density at radius 1 is 1.09 bits per heavy atom. The first-order valence-electron chi connectivity index (χ1n) is 6.96. The average molecular weight is 311 g/mol. The van der Waals surface area contributed by atoms with E-state index < -0.39 is 0 Å². The van der Waals surface area contributed by atoms with Crippen molar-refractivity contribution in [3.8, 4) is 17.0 Å². The van der Waals surface area contributed by atoms with Crippen molar-refractivity contribution in [2.75, 3.05) is 12.4 Å². The van der Waals surface area contributed by atoms with E-state index in [2.05, 4.69) is 52.7 Å². The Bertz CT molecular complexity index is 781. The van der Waals surface area contributed by atoms with E-state index in [4.69, 9.17) is 4.74 Å². The second-order valence-electron chi connectivity index (χ2n) is 5.05. The third-order valence-corrected chi connectivity index (χ3v) is 4.27. The van der Waals surface area contributed by atoms with Crippen LogP contribution in [0.1, 0.15) is 11.1 Å². The standard InChI is InChI=1S/C17H17N3OS/c1-11-4-5-13(8-12(11)2)15-10-22-17(19-15)20-16-7-6-14(21-3)9-18-16/h4-10H,1-3H3,(H,18,19,20). The van der Waals surface area contributed by atoms with Gasteiger partial charge in [0.25, 0.3) is 0 Å². The second-order valence-corrected chi connectivity index (χ2v) is 5.90. The molecule has 0 atom stereocenters. The van der Waals surface area contributed by atoms with Gasteiger partial charge in [0.05, 0.1) is 19.0 Å². The van der Waals surface area contributed by atoms with Gasteiger partial charge in [-0.2, -0.15) is 0 Å². The summed E-state index contributed by atoms with van der Waals surface area (Å²) >= 11 is 1.57. The van der Waals surface area contributed by atoms with Crippen molar-refractivity contribution in [2.24, 2.45) is 0 Å². The molecule has 0 radical (unpaired) electrons. The first-order chi connectivity index (χ1) is 10.7. The van der Waals surface area contributed by atoms with E-state index in [-0.39, 0.29) is 0 Å². The minimum atomic E-state index is 0.737. The molecule has 0 aliphatic rings. The molecule has 2 aromatic heterocycles. The van der Waals surface area contributed by atoms with Crippen molar-refractivity contribution >= 4 is 22.3 Å². The maximum absolute atomic E-state index is 5.10. The highest BCUT2D eigenvalue weighted by Gasteiger charge is 2.06. The Kier molecular flexibility index (Phi) is 4.06. The van der Waals surface area contributed by atoms with Crippen LogP contribution in [0.5, 0.6) is 5.75 Å². The fraction of sp³-hybridized carbons (Fsp3) is 0.176. The Hall–Kier alpha value is -2.40. The lowest BCUT2D eigenvalue weighted by Crippen LogP contribution is -1.93. The summed E-state index contributed by atoms with van der Waals surface area (Å²) in [6.07, 6.45) is 1.68. The predicted octanol–water partition coefficient (Wildman–Crippen LogP) is 4.57. The third-order valence-electron chi connectivity index (χ3n) is 3.51. The zero-order valence-corrected chi connectivity index (χ0v) is 13.6. The fourth-order valence-corrected chi connectivity index (χ4v) is 2.78. The molecular formula is C17H17N3OS. The Labute approximate surface area is 133 Å². The van der Waals surface area contributed by atoms with Crippen LogP contribution in [0.25, 0.3) is 11.3 Å². The summed E-state index contributed by atoms with van der Waals surface area (Å²) in [6, 6.07) is 10.1. The molecule has 0 spiro atoms. The predicted molar refractivity (Wildman–Crippen MR) is 91.1 cm³/mol. The van der Waals surface area contributed by atoms with Crippen LogP contribution in [0.15, 0.2) is 41.9 Å². The first-order valence-corrected chi connectivity index (χ1v) is 7.84. The minimum absolute atomic E-state index is 0.737. The van der Waals surface area contributed by atoms with E-state index in [0.29, 0.717) is 0 Å². The van der Waals surface area contributed by atoms with Crippen LogP contribution < -0.4 is 10.1 Å². The minimum Gasteiger partial charge on any atom is -0.495 e. The molecular weight excluding hydrogens is 294 g/mol. The van der Waals surface area contributed by atoms with Gasteiger partial charge in [0.15, 0.2) is 5.13 Å². The average Bonchev–Trinajstić information content (AvgIpc) is 2.99. The van der Waals surface area contributed by atoms with Gasteiger partial charge in [0.2, 0.25) is 0 Å². The molecule has 22 heavy (non-hydrogen) atoms. The van der Waals surface area contributed by atoms with Gasteiger partial charge in [-0.25, -0.2) is 9.97 Å². The van der Waals surface area contributed by atoms with Gasteiger partial charge in [-0.3, -0.25) is 0 Å². The van der Waals surface area contributed by atoms with E-state index in [1.165, 1.54) is 11.1 Å². The maximum atomic E-state index is 5.10. The number of aryl methyl sites for hydroxylation is 2. The number of rotatable bonds is 4. The molecule has 3 aromatic rings. The van der Waals surface area contributed by atoms with Crippen LogP contribution >= 0.6 is 11.3 Å². The molecule has 2 heterocycles. The van der Waals surface area contributed by atoms with E-state index in [1.54, 1.807) is 24.6 Å². The SMILES string of the molecule is COc1ccc(Nc2nc(-c3ccc(C)c(C)c3)cs2)nc1. The number of thiazole rings is 1. The summed E-state index contributed by atoms with van der Waals surface area (Å²) < 4.78 is 5.10. The number of ether oxygens (including phenoxy) is 1. The van der Waals surface area contributed by atoms with Crippen molar-refractivity contribution in [2.45, 2.75) is 13.8 Å². The van der Waals surface area contributed by atoms with Gasteiger partial charge in [-0.15, -0.1) is 11.3 Å². The number of nitrogens with zero attached hydrogens (tertiary/aromatic N) is 2. The third kappa shape index (κ3) is 3.09. The number of hydrogen-bond acceptors (Lipinski definition) is 5. The van der Waals surface area contributed by atoms with Gasteiger partial charge in [-0.1, -0.05) is 12.1 Å². The molecule has 1 N–H and O–H groups in total. The van der Waals surface area contributed by atoms with Crippen molar-refractivity contribution in [1.29, 1.82) is 0 Å². The molecule has 4 nitrogen and oxygen atoms in total. The summed E-state index contributed by atoms with van der Waals surface area (Å²) in [4.78, 5) is 8.91. The van der Waals surface area contributed by atoms with Crippen LogP contribution in [0, 0.1) is 13.8 Å². The smallest absolute Gasteiger partial charge is 0.188 e. The first kappa shape index (κ1) is 14.5. The van der Waals surface area contributed by atoms with Crippen LogP contribution in [-0.4, -0.2) is 17.1 Å². The monoisotopic (exact) mass is 311 g/mol. The molecule has 0 bridgehead atoms. The number of aromatic nitrogens is 2. The lowest BCUT2D eigenvalue weighted by molar-refractivity contribution is 0.413. The number of nitrogens with one attached hydrogen (secondary N) is 1. The molecule has 112 valence electrons. The molecule has 0 saturated heterocycles. The quantitative estimate of drug-likeness (QED) is 0.766. The summed E-state index contributed by atoms with van der Waals surface area (Å²) in [5.74, 6) is 1.49. The molecule has 3 rings (SSSR count). The molecule has 0 fully saturated rings. The lowest BCUT2D eigenvalue weighted by Gasteiger charge is -2.03. The zero-order valence-electron chi connectivity index (χ0n) is 12.8. The summed E-state index contributed by atoms with van der Waals surface area (Å²) in [5, 5.41) is 6.09. The van der Waals surface area contributed by atoms with E-state index in [9.17, 15) is 0 Å². The van der Waals surface area contributed by atoms with Crippen molar-refractivity contribution < 1.29 is 4.74 Å². The summed E-state index contributed by atoms with van der Waals surface area (Å²) in [7, 11) is 1.63. The highest BCUT2D eigenvalue weighted by Crippen LogP contribution is 2.28. The summed E-state index contributed by atoms with van der Waals surface area (Å²) in [5.41, 5.74) is 4.68. The molecule has 0 saturated carbocycles. The Balaban J connectivity index is 1.79. The van der Waals surface area contributed by atoms with E-state index in [1.807, 2.05) is 12.1 Å². The number of benzene rings is 1. The zero-order chi connectivity index (χ0) is 15.5. The largest absolute Gasteiger partial charge is 0.495 e. The van der Waals surface area contributed by atoms with E-state index in [0.717, 1.165) is 28.0 Å². The van der Waals surface area contributed by atoms with Gasteiger partial charge in [0, 0.05) is 10.9 Å². The van der Waals surface area contributed by atoms with Crippen LogP contribution in [0.4, 0.5) is 10.9 Å². The topological polar surface area (TPSA) is 47.0 Å². The van der Waals surface area contributed by atoms with Crippen LogP contribution in [-0.2, 0) is 0 Å². The fourth-order valence-electron chi connectivity index (χ4n) is 2.05. The molecule has 5 heteroatoms. The van der Waals surface area contributed by atoms with Crippen LogP contribution in [0.2, 0.25) is 0 Å². The lowest BCUT2D eigenvalue weighted by atomic mass is 10.1. The van der Waals surface area contributed by atoms with Gasteiger partial charge < -0.3 is 10.1 Å². The van der Waals surface area contributed by atoms with Crippen molar-refractivity contribution in [1.82, 2.24) is 9.97 Å². The normalized spacial score (nSPS) is 10.5. The maximum Gasteiger partial charge on any atom is 0.188 e. The van der Waals surface area contributed by atoms with Crippen LogP contribution in [0.3, 0.4) is 0 Å². The number of hydrogen-bond donors (Lipinski definition) is 1. The second kappa shape index (κ2) is 6.15. The van der Waals surface area contributed by atoms with Gasteiger partial charge in [0.1, 0.15) is 11.6 Å². The molecule has 1 aromatic carbocycles.